The number of carbonyl (C=O) groups is 2. The first-order chi connectivity index (χ1) is 14.3. The van der Waals surface area contributed by atoms with Crippen LogP contribution in [0, 0.1) is 0 Å². The summed E-state index contributed by atoms with van der Waals surface area (Å²) < 4.78 is 34.3. The number of benzene rings is 2. The molecule has 30 heavy (non-hydrogen) atoms. The molecule has 1 fully saturated rings. The molecule has 2 aromatic rings. The van der Waals surface area contributed by atoms with Crippen molar-refractivity contribution in [2.75, 3.05) is 12.5 Å². The van der Waals surface area contributed by atoms with Gasteiger partial charge in [-0.25, -0.2) is 9.59 Å². The maximum absolute atomic E-state index is 12.5. The molecule has 0 saturated heterocycles. The van der Waals surface area contributed by atoms with Gasteiger partial charge >= 0.3 is 11.9 Å². The molecule has 3 rings (SSSR count). The minimum atomic E-state index is -1.12. The number of hydrogen-bond donors (Lipinski definition) is 0. The molecule has 0 aromatic heterocycles. The Kier molecular flexibility index (Phi) is 7.55. The third-order valence-corrected chi connectivity index (χ3v) is 6.87. The van der Waals surface area contributed by atoms with Crippen LogP contribution >= 0.6 is 0 Å². The van der Waals surface area contributed by atoms with E-state index in [4.69, 9.17) is 9.47 Å². The Morgan fingerprint density at radius 1 is 0.700 bits per heavy atom. The average Bonchev–Trinajstić information content (AvgIpc) is 2.75. The van der Waals surface area contributed by atoms with Crippen LogP contribution in [-0.2, 0) is 31.1 Å². The Bertz CT molecular complexity index is 873. The molecule has 0 amide bonds. The topological polar surface area (TPSA) is 86.7 Å². The molecule has 6 nitrogen and oxygen atoms in total. The second-order valence-corrected chi connectivity index (χ2v) is 9.89. The molecular weight excluding hydrogens is 424 g/mol. The molecule has 0 N–H and O–H groups in total. The summed E-state index contributed by atoms with van der Waals surface area (Å²) in [6, 6.07) is 12.9. The van der Waals surface area contributed by atoms with Gasteiger partial charge in [-0.1, -0.05) is 0 Å². The van der Waals surface area contributed by atoms with Gasteiger partial charge in [0.25, 0.3) is 0 Å². The van der Waals surface area contributed by atoms with Crippen molar-refractivity contribution < 1.29 is 27.5 Å². The third-order valence-electron chi connectivity index (χ3n) is 5.00. The largest absolute Gasteiger partial charge is 0.455 e. The number of hydrogen-bond acceptors (Lipinski definition) is 6. The van der Waals surface area contributed by atoms with Crippen LogP contribution in [0.3, 0.4) is 0 Å². The summed E-state index contributed by atoms with van der Waals surface area (Å²) in [5, 5.41) is 0. The molecular formula is C22H24O6S2. The van der Waals surface area contributed by atoms with Crippen LogP contribution in [0.1, 0.15) is 46.4 Å². The highest BCUT2D eigenvalue weighted by Crippen LogP contribution is 2.26. The van der Waals surface area contributed by atoms with E-state index in [9.17, 15) is 18.0 Å². The van der Waals surface area contributed by atoms with Gasteiger partial charge in [-0.15, -0.1) is 0 Å². The van der Waals surface area contributed by atoms with Crippen molar-refractivity contribution in [1.82, 2.24) is 0 Å². The van der Waals surface area contributed by atoms with E-state index in [1.165, 1.54) is 0 Å². The van der Waals surface area contributed by atoms with Crippen LogP contribution in [0.4, 0.5) is 0 Å². The fourth-order valence-corrected chi connectivity index (χ4v) is 4.35. The van der Waals surface area contributed by atoms with Crippen molar-refractivity contribution >= 4 is 33.5 Å². The Hall–Kier alpha value is -2.32. The normalized spacial score (nSPS) is 20.7. The summed E-state index contributed by atoms with van der Waals surface area (Å²) in [5.74, 6) is -0.989. The summed E-state index contributed by atoms with van der Waals surface area (Å²) >= 11 is 0. The number of ether oxygens (including phenoxy) is 2. The van der Waals surface area contributed by atoms with Gasteiger partial charge in [-0.3, -0.25) is 8.42 Å². The third kappa shape index (κ3) is 5.64. The molecule has 160 valence electrons. The average molecular weight is 449 g/mol. The SMILES string of the molecule is C[S@](=O)c1ccc(C(=O)O[C@@H]2CCCC[C@@H]2OC(=O)c2ccc([S@@](C)=O)cc2)cc1. The van der Waals surface area contributed by atoms with Crippen LogP contribution in [0.25, 0.3) is 0 Å². The zero-order valence-electron chi connectivity index (χ0n) is 16.9. The molecule has 2 aromatic carbocycles. The highest BCUT2D eigenvalue weighted by atomic mass is 32.2. The van der Waals surface area contributed by atoms with Gasteiger partial charge in [0.1, 0.15) is 12.2 Å². The quantitative estimate of drug-likeness (QED) is 0.629. The highest BCUT2D eigenvalue weighted by Gasteiger charge is 2.32. The van der Waals surface area contributed by atoms with Crippen LogP contribution in [-0.4, -0.2) is 45.1 Å². The van der Waals surface area contributed by atoms with Crippen molar-refractivity contribution in [3.63, 3.8) is 0 Å². The van der Waals surface area contributed by atoms with Crippen LogP contribution in [0.15, 0.2) is 58.3 Å². The van der Waals surface area contributed by atoms with E-state index in [0.717, 1.165) is 12.8 Å². The summed E-state index contributed by atoms with van der Waals surface area (Å²) in [7, 11) is -2.24. The lowest BCUT2D eigenvalue weighted by atomic mass is 9.94. The molecule has 0 heterocycles. The molecule has 0 radical (unpaired) electrons. The maximum atomic E-state index is 12.5. The smallest absolute Gasteiger partial charge is 0.338 e. The molecule has 0 unspecified atom stereocenters. The Morgan fingerprint density at radius 2 is 1.03 bits per heavy atom. The second-order valence-electron chi connectivity index (χ2n) is 7.13. The Morgan fingerprint density at radius 3 is 1.33 bits per heavy atom. The molecule has 0 aliphatic heterocycles. The van der Waals surface area contributed by atoms with Crippen molar-refractivity contribution in [2.45, 2.75) is 47.7 Å². The standard InChI is InChI=1S/C22H24O6S2/c1-29(25)17-11-7-15(8-12-17)21(23)27-19-5-3-4-6-20(19)28-22(24)16-9-13-18(14-10-16)30(2)26/h7-14,19-20H,3-6H2,1-2H3/t19-,20+,29+,30-. The van der Waals surface area contributed by atoms with E-state index >= 15 is 0 Å². The Balaban J connectivity index is 1.65. The van der Waals surface area contributed by atoms with Gasteiger partial charge in [0.15, 0.2) is 0 Å². The van der Waals surface area contributed by atoms with Crippen molar-refractivity contribution in [3.8, 4) is 0 Å². The number of rotatable bonds is 6. The van der Waals surface area contributed by atoms with E-state index in [1.807, 2.05) is 0 Å². The molecule has 0 spiro atoms. The highest BCUT2D eigenvalue weighted by molar-refractivity contribution is 7.84. The molecule has 1 saturated carbocycles. The lowest BCUT2D eigenvalue weighted by Gasteiger charge is -2.30. The van der Waals surface area contributed by atoms with E-state index < -0.39 is 45.7 Å². The maximum Gasteiger partial charge on any atom is 0.338 e. The van der Waals surface area contributed by atoms with Gasteiger partial charge in [0, 0.05) is 43.9 Å². The van der Waals surface area contributed by atoms with Crippen LogP contribution in [0.2, 0.25) is 0 Å². The first-order valence-corrected chi connectivity index (χ1v) is 12.8. The van der Waals surface area contributed by atoms with Gasteiger partial charge < -0.3 is 9.47 Å². The van der Waals surface area contributed by atoms with Gasteiger partial charge in [0.2, 0.25) is 0 Å². The zero-order chi connectivity index (χ0) is 21.7. The lowest BCUT2D eigenvalue weighted by Crippen LogP contribution is -2.37. The molecule has 8 heteroatoms. The second kappa shape index (κ2) is 10.1. The fraction of sp³-hybridized carbons (Fsp3) is 0.364. The van der Waals surface area contributed by atoms with E-state index in [2.05, 4.69) is 0 Å². The predicted molar refractivity (Wildman–Crippen MR) is 114 cm³/mol. The van der Waals surface area contributed by atoms with Crippen molar-refractivity contribution in [3.05, 3.63) is 59.7 Å². The summed E-state index contributed by atoms with van der Waals surface area (Å²) in [5.41, 5.74) is 0.728. The van der Waals surface area contributed by atoms with E-state index in [-0.39, 0.29) is 0 Å². The molecule has 1 aliphatic carbocycles. The molecule has 0 bridgehead atoms. The fourth-order valence-electron chi connectivity index (χ4n) is 3.31. The predicted octanol–water partition coefficient (Wildman–Crippen LogP) is 3.49. The van der Waals surface area contributed by atoms with Gasteiger partial charge in [0.05, 0.1) is 11.1 Å². The number of esters is 2. The minimum Gasteiger partial charge on any atom is -0.455 e. The van der Waals surface area contributed by atoms with E-state index in [0.29, 0.717) is 33.8 Å². The van der Waals surface area contributed by atoms with E-state index in [1.54, 1.807) is 61.0 Å². The summed E-state index contributed by atoms with van der Waals surface area (Å²) in [6.07, 6.45) is 5.12. The van der Waals surface area contributed by atoms with Crippen LogP contribution < -0.4 is 0 Å². The zero-order valence-corrected chi connectivity index (χ0v) is 18.5. The number of carbonyl (C=O) groups excluding carboxylic acids is 2. The molecule has 1 aliphatic rings. The Labute approximate surface area is 180 Å². The minimum absolute atomic E-state index is 0.364. The van der Waals surface area contributed by atoms with Crippen LogP contribution in [0.5, 0.6) is 0 Å². The summed E-state index contributed by atoms with van der Waals surface area (Å²) in [4.78, 5) is 26.3. The first-order valence-electron chi connectivity index (χ1n) is 9.64. The van der Waals surface area contributed by atoms with Gasteiger partial charge in [-0.05, 0) is 74.2 Å². The van der Waals surface area contributed by atoms with Crippen molar-refractivity contribution in [2.24, 2.45) is 0 Å². The van der Waals surface area contributed by atoms with Gasteiger partial charge in [-0.2, -0.15) is 0 Å². The van der Waals surface area contributed by atoms with Crippen molar-refractivity contribution in [1.29, 1.82) is 0 Å². The monoisotopic (exact) mass is 448 g/mol. The summed E-state index contributed by atoms with van der Waals surface area (Å²) in [6.45, 7) is 0. The molecule has 4 atom stereocenters. The lowest BCUT2D eigenvalue weighted by molar-refractivity contribution is -0.0514. The first kappa shape index (κ1) is 22.4.